The molecule has 12 nitrogen and oxygen atoms in total. The average Bonchev–Trinajstić information content (AvgIpc) is 3.37. The molecule has 4 amide bonds. The van der Waals surface area contributed by atoms with Crippen molar-refractivity contribution in [2.75, 3.05) is 10.6 Å². The number of nitrogens with one attached hydrogen (secondary N) is 4. The summed E-state index contributed by atoms with van der Waals surface area (Å²) in [7, 11) is 0. The van der Waals surface area contributed by atoms with Crippen molar-refractivity contribution >= 4 is 29.5 Å². The Balaban J connectivity index is 1.46. The number of benzene rings is 2. The summed E-state index contributed by atoms with van der Waals surface area (Å²) < 4.78 is 22.1. The highest BCUT2D eigenvalue weighted by molar-refractivity contribution is 5.99. The van der Waals surface area contributed by atoms with Crippen molar-refractivity contribution in [3.05, 3.63) is 89.6 Å². The van der Waals surface area contributed by atoms with E-state index in [0.29, 0.717) is 22.9 Å². The molecule has 2 heterocycles. The first kappa shape index (κ1) is 31.5. The molecule has 2 aromatic carbocycles. The highest BCUT2D eigenvalue weighted by atomic mass is 19.1. The van der Waals surface area contributed by atoms with E-state index in [1.807, 2.05) is 27.7 Å². The average molecular weight is 604 g/mol. The van der Waals surface area contributed by atoms with E-state index >= 15 is 0 Å². The first-order chi connectivity index (χ1) is 20.8. The van der Waals surface area contributed by atoms with Gasteiger partial charge in [0.2, 0.25) is 5.91 Å². The van der Waals surface area contributed by atoms with Crippen molar-refractivity contribution in [3.63, 3.8) is 0 Å². The molecule has 230 valence electrons. The SMILES string of the molecule is Cc1cc(Oc2ccc(NC(=O)Nc3cc(C(C)(C)C)nn3-c3ccc(CNC(=O)C(C)NC(=O)O)cc3)c(F)c2)ccn1. The molecule has 0 radical (unpaired) electrons. The zero-order valence-corrected chi connectivity index (χ0v) is 24.9. The van der Waals surface area contributed by atoms with Gasteiger partial charge in [-0.15, -0.1) is 0 Å². The molecule has 2 aromatic heterocycles. The topological polar surface area (TPSA) is 160 Å². The van der Waals surface area contributed by atoms with E-state index in [1.165, 1.54) is 19.1 Å². The summed E-state index contributed by atoms with van der Waals surface area (Å²) in [5.74, 6) is -0.00278. The van der Waals surface area contributed by atoms with Crippen LogP contribution in [0.5, 0.6) is 11.5 Å². The Hall–Kier alpha value is -5.46. The Kier molecular flexibility index (Phi) is 9.47. The van der Waals surface area contributed by atoms with Crippen LogP contribution in [-0.2, 0) is 16.8 Å². The number of halogens is 1. The minimum absolute atomic E-state index is 0.0397. The van der Waals surface area contributed by atoms with Crippen molar-refractivity contribution in [1.82, 2.24) is 25.4 Å². The second kappa shape index (κ2) is 13.2. The van der Waals surface area contributed by atoms with Crippen LogP contribution in [0.4, 0.5) is 25.5 Å². The lowest BCUT2D eigenvalue weighted by Crippen LogP contribution is -2.43. The molecule has 44 heavy (non-hydrogen) atoms. The molecule has 13 heteroatoms. The van der Waals surface area contributed by atoms with Crippen LogP contribution in [-0.4, -0.2) is 43.9 Å². The van der Waals surface area contributed by atoms with Gasteiger partial charge in [-0.05, 0) is 49.7 Å². The van der Waals surface area contributed by atoms with Crippen LogP contribution in [0.25, 0.3) is 5.69 Å². The number of anilines is 2. The number of hydrogen-bond acceptors (Lipinski definition) is 6. The number of urea groups is 1. The first-order valence-electron chi connectivity index (χ1n) is 13.7. The van der Waals surface area contributed by atoms with Gasteiger partial charge in [0.05, 0.1) is 17.1 Å². The third-order valence-electron chi connectivity index (χ3n) is 6.39. The van der Waals surface area contributed by atoms with Crippen molar-refractivity contribution in [1.29, 1.82) is 0 Å². The van der Waals surface area contributed by atoms with Crippen LogP contribution in [0.1, 0.15) is 44.6 Å². The Morgan fingerprint density at radius 1 is 1.00 bits per heavy atom. The van der Waals surface area contributed by atoms with E-state index < -0.39 is 29.9 Å². The van der Waals surface area contributed by atoms with E-state index in [9.17, 15) is 18.8 Å². The monoisotopic (exact) mass is 603 g/mol. The number of carboxylic acid groups (broad SMARTS) is 1. The maximum atomic E-state index is 14.9. The minimum Gasteiger partial charge on any atom is -0.465 e. The lowest BCUT2D eigenvalue weighted by atomic mass is 9.92. The second-order valence-corrected chi connectivity index (χ2v) is 11.1. The molecule has 5 N–H and O–H groups in total. The normalized spacial score (nSPS) is 11.8. The van der Waals surface area contributed by atoms with E-state index in [1.54, 1.807) is 59.4 Å². The van der Waals surface area contributed by atoms with Gasteiger partial charge in [-0.3, -0.25) is 15.1 Å². The summed E-state index contributed by atoms with van der Waals surface area (Å²) in [4.78, 5) is 39.9. The van der Waals surface area contributed by atoms with Gasteiger partial charge < -0.3 is 25.8 Å². The molecular weight excluding hydrogens is 569 g/mol. The van der Waals surface area contributed by atoms with Crippen LogP contribution in [0, 0.1) is 12.7 Å². The van der Waals surface area contributed by atoms with E-state index in [0.717, 1.165) is 11.3 Å². The highest BCUT2D eigenvalue weighted by Crippen LogP contribution is 2.28. The molecule has 0 aliphatic heterocycles. The summed E-state index contributed by atoms with van der Waals surface area (Å²) in [6.45, 7) is 9.41. The van der Waals surface area contributed by atoms with Crippen molar-refractivity contribution in [3.8, 4) is 17.2 Å². The predicted molar refractivity (Wildman–Crippen MR) is 163 cm³/mol. The third kappa shape index (κ3) is 8.31. The third-order valence-corrected chi connectivity index (χ3v) is 6.39. The molecule has 0 aliphatic carbocycles. The maximum absolute atomic E-state index is 14.9. The highest BCUT2D eigenvalue weighted by Gasteiger charge is 2.22. The van der Waals surface area contributed by atoms with Gasteiger partial charge >= 0.3 is 12.1 Å². The number of aromatic nitrogens is 3. The number of hydrogen-bond donors (Lipinski definition) is 5. The molecule has 4 rings (SSSR count). The maximum Gasteiger partial charge on any atom is 0.405 e. The second-order valence-electron chi connectivity index (χ2n) is 11.1. The molecular formula is C31H34FN7O5. The van der Waals surface area contributed by atoms with Gasteiger partial charge in [-0.25, -0.2) is 18.7 Å². The zero-order chi connectivity index (χ0) is 32.0. The number of carbonyl (C=O) groups excluding carboxylic acids is 2. The number of rotatable bonds is 9. The Morgan fingerprint density at radius 2 is 1.70 bits per heavy atom. The van der Waals surface area contributed by atoms with Crippen molar-refractivity contribution in [2.45, 2.75) is 52.6 Å². The first-order valence-corrected chi connectivity index (χ1v) is 13.7. The fraction of sp³-hybridized carbons (Fsp3) is 0.258. The summed E-state index contributed by atoms with van der Waals surface area (Å²) in [5, 5.41) is 23.5. The minimum atomic E-state index is -1.28. The van der Waals surface area contributed by atoms with Crippen LogP contribution in [0.15, 0.2) is 66.9 Å². The van der Waals surface area contributed by atoms with Gasteiger partial charge in [-0.2, -0.15) is 5.10 Å². The van der Waals surface area contributed by atoms with E-state index in [4.69, 9.17) is 9.84 Å². The predicted octanol–water partition coefficient (Wildman–Crippen LogP) is 5.72. The van der Waals surface area contributed by atoms with E-state index in [2.05, 4.69) is 31.3 Å². The lowest BCUT2D eigenvalue weighted by molar-refractivity contribution is -0.122. The van der Waals surface area contributed by atoms with Gasteiger partial charge in [0.25, 0.3) is 0 Å². The van der Waals surface area contributed by atoms with Gasteiger partial charge in [0.15, 0.2) is 0 Å². The molecule has 4 aromatic rings. The number of ether oxygens (including phenoxy) is 1. The van der Waals surface area contributed by atoms with Gasteiger partial charge in [0, 0.05) is 42.0 Å². The summed E-state index contributed by atoms with van der Waals surface area (Å²) >= 11 is 0. The van der Waals surface area contributed by atoms with Crippen molar-refractivity contribution < 1.29 is 28.6 Å². The van der Waals surface area contributed by atoms with Crippen LogP contribution in [0.3, 0.4) is 0 Å². The van der Waals surface area contributed by atoms with Gasteiger partial charge in [-0.1, -0.05) is 32.9 Å². The number of aryl methyl sites for hydroxylation is 1. The Labute approximate surface area is 253 Å². The molecule has 0 aliphatic rings. The summed E-state index contributed by atoms with van der Waals surface area (Å²) in [6, 6.07) is 14.8. The number of amides is 4. The molecule has 0 spiro atoms. The molecule has 1 atom stereocenters. The zero-order valence-electron chi connectivity index (χ0n) is 24.9. The lowest BCUT2D eigenvalue weighted by Gasteiger charge is -2.14. The number of nitrogens with zero attached hydrogens (tertiary/aromatic N) is 3. The summed E-state index contributed by atoms with van der Waals surface area (Å²) in [6.07, 6.45) is 0.310. The molecule has 1 unspecified atom stereocenters. The molecule has 0 bridgehead atoms. The fourth-order valence-electron chi connectivity index (χ4n) is 4.03. The Morgan fingerprint density at radius 3 is 2.34 bits per heavy atom. The molecule has 0 saturated carbocycles. The van der Waals surface area contributed by atoms with Crippen LogP contribution < -0.4 is 26.0 Å². The molecule has 0 fully saturated rings. The number of carbonyl (C=O) groups is 3. The van der Waals surface area contributed by atoms with Gasteiger partial charge in [0.1, 0.15) is 29.2 Å². The van der Waals surface area contributed by atoms with E-state index in [-0.39, 0.29) is 23.4 Å². The quantitative estimate of drug-likeness (QED) is 0.164. The van der Waals surface area contributed by atoms with Crippen molar-refractivity contribution in [2.24, 2.45) is 0 Å². The van der Waals surface area contributed by atoms with Crippen LogP contribution >= 0.6 is 0 Å². The largest absolute Gasteiger partial charge is 0.465 e. The molecule has 0 saturated heterocycles. The summed E-state index contributed by atoms with van der Waals surface area (Å²) in [5.41, 5.74) is 2.49. The fourth-order valence-corrected chi connectivity index (χ4v) is 4.03. The Bertz CT molecular complexity index is 1660. The number of pyridine rings is 1. The smallest absolute Gasteiger partial charge is 0.405 e. The standard InChI is InChI=1S/C31H34FN7O5/c1-18-14-23(12-13-33-18)44-22-10-11-25(24(32)15-22)36-29(41)37-27-16-26(31(3,4)5)38-39(27)21-8-6-20(7-9-21)17-34-28(40)19(2)35-30(42)43/h6-16,19,35H,17H2,1-5H3,(H,34,40)(H,42,43)(H2,36,37,41). The van der Waals surface area contributed by atoms with Crippen LogP contribution in [0.2, 0.25) is 0 Å².